The van der Waals surface area contributed by atoms with E-state index in [4.69, 9.17) is 18.5 Å². The molecule has 0 aliphatic heterocycles. The zero-order chi connectivity index (χ0) is 43.7. The molecule has 11 heteroatoms. The first-order valence-corrected chi connectivity index (χ1v) is 23.9. The number of hydrogen-bond donors (Lipinski definition) is 2. The second-order valence-corrected chi connectivity index (χ2v) is 17.3. The predicted octanol–water partition coefficient (Wildman–Crippen LogP) is 11.8. The predicted molar refractivity (Wildman–Crippen MR) is 244 cm³/mol. The summed E-state index contributed by atoms with van der Waals surface area (Å²) in [6.07, 6.45) is 47.3. The van der Waals surface area contributed by atoms with Gasteiger partial charge >= 0.3 is 19.8 Å². The summed E-state index contributed by atoms with van der Waals surface area (Å²) in [5.74, 6) is -0.903. The van der Waals surface area contributed by atoms with Crippen LogP contribution in [0.3, 0.4) is 0 Å². The third-order valence-electron chi connectivity index (χ3n) is 9.07. The van der Waals surface area contributed by atoms with E-state index in [1.54, 1.807) is 6.08 Å². The third kappa shape index (κ3) is 43.1. The molecule has 0 rings (SSSR count). The Labute approximate surface area is 359 Å². The first kappa shape index (κ1) is 56.1. The van der Waals surface area contributed by atoms with Crippen molar-refractivity contribution in [3.8, 4) is 0 Å². The van der Waals surface area contributed by atoms with Crippen LogP contribution in [0, 0.1) is 0 Å². The number of esters is 2. The summed E-state index contributed by atoms with van der Waals surface area (Å²) in [5.41, 5.74) is 0. The summed E-state index contributed by atoms with van der Waals surface area (Å²) in [4.78, 5) is 35.4. The molecule has 2 N–H and O–H groups in total. The molecule has 0 aliphatic carbocycles. The van der Waals surface area contributed by atoms with Crippen molar-refractivity contribution in [1.82, 2.24) is 0 Å². The van der Waals surface area contributed by atoms with Crippen LogP contribution in [0.4, 0.5) is 0 Å². The summed E-state index contributed by atoms with van der Waals surface area (Å²) in [5, 5.41) is 9.48. The Hall–Kier alpha value is -2.85. The first-order valence-electron chi connectivity index (χ1n) is 22.4. The second-order valence-electron chi connectivity index (χ2n) is 15.9. The molecule has 10 nitrogen and oxygen atoms in total. The van der Waals surface area contributed by atoms with Crippen LogP contribution in [0.1, 0.15) is 149 Å². The SMILES string of the molecule is CCCCC/C=C\C/C=C\CCCCCCCCCC(=O)O[C@H](COC(=O)CCC/C=C\C/C=C\C/C=C\C/C=C\C=C\[C@@H](O)CC)COP(=O)(O)OCC[N+](C)(C)C. The summed E-state index contributed by atoms with van der Waals surface area (Å²) < 4.78 is 34.2. The number of allylic oxidation sites excluding steroid dienone is 13. The second kappa shape index (κ2) is 39.3. The van der Waals surface area contributed by atoms with Gasteiger partial charge < -0.3 is 24.0 Å². The van der Waals surface area contributed by atoms with Gasteiger partial charge in [-0.1, -0.05) is 144 Å². The molecule has 0 aromatic rings. The molecular weight excluding hydrogens is 766 g/mol. The maximum atomic E-state index is 12.7. The van der Waals surface area contributed by atoms with Crippen molar-refractivity contribution in [2.45, 2.75) is 161 Å². The number of ether oxygens (including phenoxy) is 2. The monoisotopic (exact) mass is 849 g/mol. The zero-order valence-electron chi connectivity index (χ0n) is 37.6. The van der Waals surface area contributed by atoms with Crippen LogP contribution < -0.4 is 0 Å². The number of phosphoric acid groups is 1. The van der Waals surface area contributed by atoms with Crippen molar-refractivity contribution < 1.29 is 47.2 Å². The number of carbonyl (C=O) groups excluding carboxylic acids is 2. The molecule has 0 saturated heterocycles. The van der Waals surface area contributed by atoms with Crippen LogP contribution >= 0.6 is 7.82 Å². The van der Waals surface area contributed by atoms with Crippen LogP contribution in [-0.2, 0) is 32.7 Å². The van der Waals surface area contributed by atoms with E-state index in [9.17, 15) is 24.2 Å². The van der Waals surface area contributed by atoms with E-state index in [0.29, 0.717) is 36.7 Å². The molecule has 338 valence electrons. The van der Waals surface area contributed by atoms with E-state index < -0.39 is 32.5 Å². The van der Waals surface area contributed by atoms with Crippen LogP contribution in [-0.4, -0.2) is 86.1 Å². The largest absolute Gasteiger partial charge is 0.472 e. The van der Waals surface area contributed by atoms with Gasteiger partial charge in [-0.2, -0.15) is 0 Å². The zero-order valence-corrected chi connectivity index (χ0v) is 38.5. The molecule has 0 amide bonds. The van der Waals surface area contributed by atoms with Crippen molar-refractivity contribution in [3.63, 3.8) is 0 Å². The number of nitrogens with zero attached hydrogens (tertiary/aromatic N) is 1. The molecular formula is C48H83NO9P+. The molecule has 0 aromatic carbocycles. The lowest BCUT2D eigenvalue weighted by atomic mass is 10.1. The number of aliphatic hydroxyl groups excluding tert-OH is 1. The molecule has 1 unspecified atom stereocenters. The average molecular weight is 849 g/mol. The lowest BCUT2D eigenvalue weighted by Crippen LogP contribution is -2.37. The van der Waals surface area contributed by atoms with Gasteiger partial charge in [-0.15, -0.1) is 0 Å². The highest BCUT2D eigenvalue weighted by atomic mass is 31.2. The maximum Gasteiger partial charge on any atom is 0.472 e. The fourth-order valence-electron chi connectivity index (χ4n) is 5.38. The van der Waals surface area contributed by atoms with Crippen molar-refractivity contribution in [1.29, 1.82) is 0 Å². The minimum absolute atomic E-state index is 0.0106. The van der Waals surface area contributed by atoms with E-state index in [1.165, 1.54) is 44.9 Å². The Morgan fingerprint density at radius 1 is 0.610 bits per heavy atom. The third-order valence-corrected chi connectivity index (χ3v) is 10.1. The van der Waals surface area contributed by atoms with Gasteiger partial charge in [0.05, 0.1) is 33.9 Å². The summed E-state index contributed by atoms with van der Waals surface area (Å²) in [6, 6.07) is 0. The van der Waals surface area contributed by atoms with E-state index in [0.717, 1.165) is 51.4 Å². The molecule has 0 radical (unpaired) electrons. The maximum absolute atomic E-state index is 12.7. The molecule has 0 bridgehead atoms. The Morgan fingerprint density at radius 3 is 1.69 bits per heavy atom. The van der Waals surface area contributed by atoms with Crippen LogP contribution in [0.5, 0.6) is 0 Å². The fourth-order valence-corrected chi connectivity index (χ4v) is 6.12. The van der Waals surface area contributed by atoms with Crippen molar-refractivity contribution in [3.05, 3.63) is 85.1 Å². The Morgan fingerprint density at radius 2 is 1.12 bits per heavy atom. The summed E-state index contributed by atoms with van der Waals surface area (Å²) in [6.45, 7) is 3.96. The normalized spacial score (nSPS) is 14.9. The standard InChI is InChI=1S/C48H82NO9P/c1-6-8-9-10-11-12-13-14-15-16-17-22-25-28-31-34-37-40-48(52)58-46(44-57-59(53,54)56-42-41-49(3,4)5)43-55-47(51)39-36-33-30-27-24-21-19-18-20-23-26-29-32-35-38-45(50)7-2/h11-12,14-15,19-21,23,27,29-30,32,35,38,45-46,50H,6-10,13,16-18,22,24-26,28,31,33-34,36-37,39-44H2,1-5H3/p+1/b12-11-,15-14-,21-19-,23-20-,30-27-,32-29-,38-35+/t45-,46+/m0/s1. The van der Waals surface area contributed by atoms with Crippen LogP contribution in [0.25, 0.3) is 0 Å². The van der Waals surface area contributed by atoms with Crippen LogP contribution in [0.2, 0.25) is 0 Å². The summed E-state index contributed by atoms with van der Waals surface area (Å²) in [7, 11) is 1.40. The fraction of sp³-hybridized carbons (Fsp3) is 0.667. The average Bonchev–Trinajstić information content (AvgIpc) is 3.19. The number of rotatable bonds is 39. The number of likely N-dealkylation sites (N-methyl/N-ethyl adjacent to an activating group) is 1. The lowest BCUT2D eigenvalue weighted by molar-refractivity contribution is -0.870. The van der Waals surface area contributed by atoms with Gasteiger partial charge in [0, 0.05) is 12.8 Å². The van der Waals surface area contributed by atoms with Gasteiger partial charge in [0.2, 0.25) is 0 Å². The Kier molecular flexibility index (Phi) is 37.4. The van der Waals surface area contributed by atoms with Gasteiger partial charge in [0.1, 0.15) is 19.8 Å². The topological polar surface area (TPSA) is 129 Å². The minimum atomic E-state index is -4.40. The molecule has 0 aliphatic rings. The minimum Gasteiger partial charge on any atom is -0.462 e. The number of aliphatic hydroxyl groups is 1. The highest BCUT2D eigenvalue weighted by molar-refractivity contribution is 7.47. The highest BCUT2D eigenvalue weighted by Crippen LogP contribution is 2.43. The molecule has 0 heterocycles. The van der Waals surface area contributed by atoms with Gasteiger partial charge in [0.15, 0.2) is 6.10 Å². The Balaban J connectivity index is 4.49. The number of carbonyl (C=O) groups is 2. The number of unbranched alkanes of at least 4 members (excludes halogenated alkanes) is 11. The van der Waals surface area contributed by atoms with E-state index in [1.807, 2.05) is 52.4 Å². The molecule has 0 spiro atoms. The molecule has 0 aromatic heterocycles. The van der Waals surface area contributed by atoms with Gasteiger partial charge in [-0.3, -0.25) is 18.6 Å². The molecule has 59 heavy (non-hydrogen) atoms. The van der Waals surface area contributed by atoms with Gasteiger partial charge in [0.25, 0.3) is 0 Å². The van der Waals surface area contributed by atoms with Crippen LogP contribution in [0.15, 0.2) is 85.1 Å². The number of quaternary nitrogens is 1. The van der Waals surface area contributed by atoms with E-state index in [-0.39, 0.29) is 32.2 Å². The van der Waals surface area contributed by atoms with E-state index in [2.05, 4.69) is 61.6 Å². The van der Waals surface area contributed by atoms with Gasteiger partial charge in [-0.25, -0.2) is 4.57 Å². The quantitative estimate of drug-likeness (QED) is 0.0155. The first-order chi connectivity index (χ1) is 28.4. The molecule has 3 atom stereocenters. The van der Waals surface area contributed by atoms with Crippen molar-refractivity contribution in [2.24, 2.45) is 0 Å². The Bertz CT molecular complexity index is 1300. The number of hydrogen-bond acceptors (Lipinski definition) is 8. The smallest absolute Gasteiger partial charge is 0.462 e. The van der Waals surface area contributed by atoms with Gasteiger partial charge in [-0.05, 0) is 77.0 Å². The molecule has 0 fully saturated rings. The van der Waals surface area contributed by atoms with Crippen molar-refractivity contribution in [2.75, 3.05) is 47.5 Å². The van der Waals surface area contributed by atoms with Crippen molar-refractivity contribution >= 4 is 19.8 Å². The number of phosphoric ester groups is 1. The lowest BCUT2D eigenvalue weighted by Gasteiger charge is -2.24. The van der Waals surface area contributed by atoms with E-state index >= 15 is 0 Å². The highest BCUT2D eigenvalue weighted by Gasteiger charge is 2.27. The summed E-state index contributed by atoms with van der Waals surface area (Å²) >= 11 is 0. The molecule has 0 saturated carbocycles.